The molecule has 0 unspecified atom stereocenters. The number of hydrogen-bond acceptors (Lipinski definition) is 5. The summed E-state index contributed by atoms with van der Waals surface area (Å²) in [5.74, 6) is -1.97. The highest BCUT2D eigenvalue weighted by Crippen LogP contribution is 2.37. The summed E-state index contributed by atoms with van der Waals surface area (Å²) in [5, 5.41) is 4.29. The molecule has 0 amide bonds. The maximum Gasteiger partial charge on any atom is 0.497 e. The van der Waals surface area contributed by atoms with E-state index in [2.05, 4.69) is 5.10 Å². The average Bonchev–Trinajstić information content (AvgIpc) is 3.05. The van der Waals surface area contributed by atoms with Gasteiger partial charge in [-0.2, -0.15) is 5.10 Å². The highest BCUT2D eigenvalue weighted by Gasteiger charge is 2.52. The van der Waals surface area contributed by atoms with E-state index < -0.39 is 30.0 Å². The van der Waals surface area contributed by atoms with Crippen LogP contribution in [0.4, 0.5) is 8.78 Å². The molecule has 1 fully saturated rings. The van der Waals surface area contributed by atoms with Crippen LogP contribution in [0.3, 0.4) is 0 Å². The van der Waals surface area contributed by atoms with Crippen LogP contribution in [0, 0.1) is 18.6 Å². The number of aryl methyl sites for hydroxylation is 1. The quantitative estimate of drug-likeness (QED) is 0.763. The minimum absolute atomic E-state index is 0. The number of allylic oxidation sites excluding steroid dienone is 1. The van der Waals surface area contributed by atoms with E-state index in [0.29, 0.717) is 17.0 Å². The van der Waals surface area contributed by atoms with Crippen molar-refractivity contribution in [3.8, 4) is 11.1 Å². The van der Waals surface area contributed by atoms with Gasteiger partial charge in [0, 0.05) is 34.7 Å². The van der Waals surface area contributed by atoms with Gasteiger partial charge in [0.2, 0.25) is 0 Å². The summed E-state index contributed by atoms with van der Waals surface area (Å²) in [7, 11) is -0.980. The normalized spacial score (nSPS) is 18.0. The second-order valence-electron chi connectivity index (χ2n) is 7.99. The molecule has 1 aliphatic heterocycles. The van der Waals surface area contributed by atoms with Gasteiger partial charge in [-0.25, -0.2) is 8.78 Å². The average molecular weight is 406 g/mol. The molecule has 1 aromatic heterocycles. The molecule has 6 nitrogen and oxygen atoms in total. The van der Waals surface area contributed by atoms with Gasteiger partial charge in [-0.15, -0.1) is 0 Å². The topological polar surface area (TPSA) is 88.3 Å². The van der Waals surface area contributed by atoms with Crippen molar-refractivity contribution in [2.75, 3.05) is 0 Å². The molecule has 1 saturated heterocycles. The first kappa shape index (κ1) is 22.9. The van der Waals surface area contributed by atoms with Gasteiger partial charge < -0.3 is 20.8 Å². The second-order valence-corrected chi connectivity index (χ2v) is 7.99. The summed E-state index contributed by atoms with van der Waals surface area (Å²) < 4.78 is 43.0. The smallest absolute Gasteiger partial charge is 0.403 e. The van der Waals surface area contributed by atoms with Gasteiger partial charge in [-0.05, 0) is 34.6 Å². The summed E-state index contributed by atoms with van der Waals surface area (Å²) in [5.41, 5.74) is 11.4. The molecule has 2 aromatic rings. The zero-order valence-electron chi connectivity index (χ0n) is 16.7. The minimum Gasteiger partial charge on any atom is -0.403 e. The van der Waals surface area contributed by atoms with Gasteiger partial charge >= 0.3 is 7.12 Å². The predicted octanol–water partition coefficient (Wildman–Crippen LogP) is 2.83. The zero-order valence-corrected chi connectivity index (χ0v) is 16.7. The molecule has 0 aliphatic carbocycles. The molecule has 0 radical (unpaired) electrons. The first-order chi connectivity index (χ1) is 13.0. The van der Waals surface area contributed by atoms with Crippen LogP contribution in [0.5, 0.6) is 0 Å². The summed E-state index contributed by atoms with van der Waals surface area (Å²) in [6, 6.07) is 3.00. The third-order valence-electron chi connectivity index (χ3n) is 5.41. The van der Waals surface area contributed by atoms with Crippen molar-refractivity contribution < 1.29 is 18.1 Å². The van der Waals surface area contributed by atoms with Crippen molar-refractivity contribution >= 4 is 12.6 Å². The maximum atomic E-state index is 14.9. The van der Waals surface area contributed by atoms with Crippen LogP contribution in [0.2, 0.25) is 0 Å². The summed E-state index contributed by atoms with van der Waals surface area (Å²) >= 11 is 0. The third-order valence-corrected chi connectivity index (χ3v) is 5.41. The fraction of sp³-hybridized carbons (Fsp3) is 0.450. The Balaban J connectivity index is 0.00000300. The lowest BCUT2D eigenvalue weighted by atomic mass is 9.78. The monoisotopic (exact) mass is 406 g/mol. The number of benzene rings is 1. The molecular formula is C20H29BF2N4O2. The molecule has 0 atom stereocenters. The van der Waals surface area contributed by atoms with Crippen LogP contribution in [0.15, 0.2) is 30.2 Å². The Kier molecular flexibility index (Phi) is 6.16. The Morgan fingerprint density at radius 1 is 1.14 bits per heavy atom. The lowest BCUT2D eigenvalue weighted by Gasteiger charge is -2.32. The Morgan fingerprint density at radius 2 is 1.72 bits per heavy atom. The predicted molar refractivity (Wildman–Crippen MR) is 111 cm³/mol. The van der Waals surface area contributed by atoms with Crippen LogP contribution < -0.4 is 16.9 Å². The first-order valence-electron chi connectivity index (χ1n) is 9.01. The zero-order chi connectivity index (χ0) is 20.9. The van der Waals surface area contributed by atoms with Gasteiger partial charge in [0.15, 0.2) is 11.6 Å². The van der Waals surface area contributed by atoms with Crippen molar-refractivity contribution in [3.63, 3.8) is 0 Å². The van der Waals surface area contributed by atoms with E-state index in [4.69, 9.17) is 20.8 Å². The molecule has 158 valence electrons. The van der Waals surface area contributed by atoms with Gasteiger partial charge in [-0.3, -0.25) is 4.68 Å². The highest BCUT2D eigenvalue weighted by molar-refractivity contribution is 6.62. The van der Waals surface area contributed by atoms with E-state index in [-0.39, 0.29) is 25.0 Å². The van der Waals surface area contributed by atoms with E-state index >= 15 is 0 Å². The lowest BCUT2D eigenvalue weighted by Crippen LogP contribution is -2.41. The first-order valence-corrected chi connectivity index (χ1v) is 9.01. The number of nitrogens with zero attached hydrogens (tertiary/aromatic N) is 2. The van der Waals surface area contributed by atoms with Gasteiger partial charge in [0.05, 0.1) is 23.4 Å². The van der Waals surface area contributed by atoms with Crippen molar-refractivity contribution in [2.24, 2.45) is 11.5 Å². The number of rotatable bonds is 4. The Hall–Kier alpha value is -2.39. The van der Waals surface area contributed by atoms with Crippen LogP contribution in [0.1, 0.15) is 40.8 Å². The highest BCUT2D eigenvalue weighted by atomic mass is 19.2. The fourth-order valence-corrected chi connectivity index (χ4v) is 3.03. The number of hydrogen-bond donors (Lipinski definition) is 2. The SMILES string of the molecule is C.Cc1nn(C/C(N)=C/N)cc1-c1ccc(B2OC(C)(C)C(C)(C)O2)c(F)c1F. The molecule has 1 aliphatic rings. The van der Waals surface area contributed by atoms with Crippen LogP contribution in [-0.4, -0.2) is 28.1 Å². The molecule has 0 bridgehead atoms. The largest absolute Gasteiger partial charge is 0.497 e. The molecule has 0 spiro atoms. The number of aromatic nitrogens is 2. The Morgan fingerprint density at radius 3 is 2.28 bits per heavy atom. The van der Waals surface area contributed by atoms with Crippen molar-refractivity contribution in [2.45, 2.75) is 59.8 Å². The van der Waals surface area contributed by atoms with E-state index in [1.807, 2.05) is 27.7 Å². The van der Waals surface area contributed by atoms with Crippen LogP contribution in [-0.2, 0) is 15.9 Å². The van der Waals surface area contributed by atoms with Gasteiger partial charge in [-0.1, -0.05) is 19.6 Å². The van der Waals surface area contributed by atoms with Gasteiger partial charge in [0.1, 0.15) is 0 Å². The third kappa shape index (κ3) is 4.02. The molecule has 29 heavy (non-hydrogen) atoms. The molecule has 3 rings (SSSR count). The van der Waals surface area contributed by atoms with Crippen molar-refractivity contribution in [1.29, 1.82) is 0 Å². The number of halogens is 2. The van der Waals surface area contributed by atoms with Crippen molar-refractivity contribution in [1.82, 2.24) is 9.78 Å². The van der Waals surface area contributed by atoms with Crippen LogP contribution in [0.25, 0.3) is 11.1 Å². The summed E-state index contributed by atoms with van der Waals surface area (Å²) in [6.07, 6.45) is 2.88. The Labute approximate surface area is 171 Å². The Bertz CT molecular complexity index is 925. The second kappa shape index (κ2) is 7.80. The molecule has 9 heteroatoms. The van der Waals surface area contributed by atoms with E-state index in [9.17, 15) is 8.78 Å². The van der Waals surface area contributed by atoms with E-state index in [1.54, 1.807) is 13.1 Å². The standard InChI is InChI=1S/C19H25BF2N4O2.CH4/c1-11-14(10-26(25-11)9-12(24)8-23)13-6-7-15(17(22)16(13)21)20-27-18(2,3)19(4,5)28-20;/h6-8,10H,9,23-24H2,1-5H3;1H4/b12-8-;. The molecule has 2 heterocycles. The van der Waals surface area contributed by atoms with Crippen LogP contribution >= 0.6 is 0 Å². The van der Waals surface area contributed by atoms with E-state index in [1.165, 1.54) is 23.0 Å². The maximum absolute atomic E-state index is 14.9. The molecule has 4 N–H and O–H groups in total. The van der Waals surface area contributed by atoms with Gasteiger partial charge in [0.25, 0.3) is 0 Å². The molecular weight excluding hydrogens is 377 g/mol. The lowest BCUT2D eigenvalue weighted by molar-refractivity contribution is 0.00578. The molecule has 1 aromatic carbocycles. The summed E-state index contributed by atoms with van der Waals surface area (Å²) in [6.45, 7) is 9.40. The molecule has 0 saturated carbocycles. The number of nitrogens with two attached hydrogens (primary N) is 2. The van der Waals surface area contributed by atoms with E-state index in [0.717, 1.165) is 0 Å². The minimum atomic E-state index is -0.996. The fourth-order valence-electron chi connectivity index (χ4n) is 3.03. The summed E-state index contributed by atoms with van der Waals surface area (Å²) in [4.78, 5) is 0. The van der Waals surface area contributed by atoms with Crippen molar-refractivity contribution in [3.05, 3.63) is 47.6 Å².